The molecule has 4 aromatic rings. The Morgan fingerprint density at radius 1 is 0.881 bits per heavy atom. The number of aromatic carboxylic acids is 1. The van der Waals surface area contributed by atoms with Gasteiger partial charge in [-0.3, -0.25) is 4.79 Å². The van der Waals surface area contributed by atoms with Crippen LogP contribution in [0.2, 0.25) is 0 Å². The summed E-state index contributed by atoms with van der Waals surface area (Å²) in [5.41, 5.74) is 4.07. The fourth-order valence-corrected chi connectivity index (χ4v) is 5.67. The largest absolute Gasteiger partial charge is 0.478 e. The summed E-state index contributed by atoms with van der Waals surface area (Å²) >= 11 is 0. The van der Waals surface area contributed by atoms with Gasteiger partial charge in [-0.25, -0.2) is 14.0 Å². The van der Waals surface area contributed by atoms with Crippen LogP contribution >= 0.6 is 0 Å². The van der Waals surface area contributed by atoms with E-state index in [-0.39, 0.29) is 35.8 Å². The number of benzene rings is 4. The minimum Gasteiger partial charge on any atom is -0.478 e. The number of halogens is 1. The van der Waals surface area contributed by atoms with E-state index >= 15 is 0 Å². The Morgan fingerprint density at radius 3 is 2.40 bits per heavy atom. The molecule has 0 saturated heterocycles. The fraction of sp³-hybridized carbons (Fsp3) is 0.206. The van der Waals surface area contributed by atoms with Crippen LogP contribution in [-0.2, 0) is 24.2 Å². The molecule has 5 rings (SSSR count). The molecule has 0 fully saturated rings. The molecule has 8 heteroatoms. The number of nitrogens with one attached hydrogen (secondary N) is 2. The number of carboxylic acids is 1. The van der Waals surface area contributed by atoms with E-state index in [0.717, 1.165) is 29.5 Å². The molecule has 0 bridgehead atoms. The van der Waals surface area contributed by atoms with Crippen molar-refractivity contribution < 1.29 is 23.9 Å². The van der Waals surface area contributed by atoms with Crippen molar-refractivity contribution in [2.45, 2.75) is 31.8 Å². The van der Waals surface area contributed by atoms with Crippen LogP contribution in [0.5, 0.6) is 0 Å². The van der Waals surface area contributed by atoms with E-state index < -0.39 is 12.0 Å². The van der Waals surface area contributed by atoms with Gasteiger partial charge in [-0.05, 0) is 71.7 Å². The zero-order chi connectivity index (χ0) is 29.5. The average Bonchev–Trinajstić information content (AvgIpc) is 3.00. The van der Waals surface area contributed by atoms with Crippen LogP contribution in [0.15, 0.2) is 103 Å². The number of fused-ring (bicyclic) bond motifs is 1. The number of carboxylic acid groups (broad SMARTS) is 1. The second kappa shape index (κ2) is 13.1. The van der Waals surface area contributed by atoms with Crippen LogP contribution in [0, 0.1) is 11.7 Å². The monoisotopic (exact) mass is 565 g/mol. The first-order valence-electron chi connectivity index (χ1n) is 13.9. The zero-order valence-corrected chi connectivity index (χ0v) is 23.0. The molecule has 1 aliphatic rings. The summed E-state index contributed by atoms with van der Waals surface area (Å²) < 4.78 is 14.8. The molecule has 2 unspecified atom stereocenters. The van der Waals surface area contributed by atoms with Gasteiger partial charge in [-0.2, -0.15) is 0 Å². The molecule has 214 valence electrons. The number of aryl methyl sites for hydroxylation is 1. The van der Waals surface area contributed by atoms with Crippen molar-refractivity contribution in [2.75, 3.05) is 11.9 Å². The van der Waals surface area contributed by atoms with E-state index in [0.29, 0.717) is 24.2 Å². The lowest BCUT2D eigenvalue weighted by Crippen LogP contribution is -2.46. The van der Waals surface area contributed by atoms with Gasteiger partial charge in [0.05, 0.1) is 18.2 Å². The van der Waals surface area contributed by atoms with Gasteiger partial charge in [0, 0.05) is 12.2 Å². The zero-order valence-electron chi connectivity index (χ0n) is 23.0. The van der Waals surface area contributed by atoms with Crippen LogP contribution in [0.25, 0.3) is 0 Å². The molecule has 1 aliphatic carbocycles. The van der Waals surface area contributed by atoms with Gasteiger partial charge < -0.3 is 20.6 Å². The van der Waals surface area contributed by atoms with Crippen molar-refractivity contribution in [3.63, 3.8) is 0 Å². The molecular weight excluding hydrogens is 533 g/mol. The van der Waals surface area contributed by atoms with Gasteiger partial charge in [-0.15, -0.1) is 0 Å². The number of rotatable bonds is 9. The van der Waals surface area contributed by atoms with Crippen molar-refractivity contribution >= 4 is 23.6 Å². The summed E-state index contributed by atoms with van der Waals surface area (Å²) in [6, 6.07) is 29.4. The quantitative estimate of drug-likeness (QED) is 0.224. The first-order valence-corrected chi connectivity index (χ1v) is 13.9. The van der Waals surface area contributed by atoms with Gasteiger partial charge >= 0.3 is 12.0 Å². The molecule has 0 spiro atoms. The van der Waals surface area contributed by atoms with E-state index in [2.05, 4.69) is 16.7 Å². The van der Waals surface area contributed by atoms with Crippen LogP contribution in [-0.4, -0.2) is 34.5 Å². The van der Waals surface area contributed by atoms with Gasteiger partial charge in [0.1, 0.15) is 5.82 Å². The Kier molecular flexibility index (Phi) is 8.92. The third-order valence-electron chi connectivity index (χ3n) is 7.66. The number of carbonyl (C=O) groups excluding carboxylic acids is 2. The number of amides is 3. The maximum Gasteiger partial charge on any atom is 0.335 e. The molecule has 42 heavy (non-hydrogen) atoms. The van der Waals surface area contributed by atoms with E-state index in [4.69, 9.17) is 0 Å². The van der Waals surface area contributed by atoms with Crippen molar-refractivity contribution in [3.8, 4) is 0 Å². The minimum atomic E-state index is -1.11. The number of urea groups is 1. The number of nitrogens with zero attached hydrogens (tertiary/aromatic N) is 1. The molecule has 7 nitrogen and oxygen atoms in total. The Balaban J connectivity index is 1.41. The van der Waals surface area contributed by atoms with Gasteiger partial charge in [0.25, 0.3) is 0 Å². The van der Waals surface area contributed by atoms with Crippen molar-refractivity contribution in [3.05, 3.63) is 137 Å². The molecule has 4 aromatic carbocycles. The first-order chi connectivity index (χ1) is 20.4. The van der Waals surface area contributed by atoms with Crippen LogP contribution in [0.1, 0.15) is 45.1 Å². The topological polar surface area (TPSA) is 98.7 Å². The highest BCUT2D eigenvalue weighted by Crippen LogP contribution is 2.41. The second-order valence-corrected chi connectivity index (χ2v) is 10.4. The van der Waals surface area contributed by atoms with E-state index in [1.54, 1.807) is 23.1 Å². The highest BCUT2D eigenvalue weighted by molar-refractivity contribution is 5.94. The summed E-state index contributed by atoms with van der Waals surface area (Å²) in [6.07, 6.45) is 2.08. The summed E-state index contributed by atoms with van der Waals surface area (Å²) in [7, 11) is 0. The summed E-state index contributed by atoms with van der Waals surface area (Å²) in [5.74, 6) is -1.70. The number of carbonyl (C=O) groups is 3. The highest BCUT2D eigenvalue weighted by Gasteiger charge is 2.36. The predicted octanol–water partition coefficient (Wildman–Crippen LogP) is 6.22. The van der Waals surface area contributed by atoms with Crippen molar-refractivity contribution in [1.82, 2.24) is 10.2 Å². The smallest absolute Gasteiger partial charge is 0.335 e. The lowest BCUT2D eigenvalue weighted by Gasteiger charge is -2.42. The SMILES string of the molecule is O=C(NCC(=O)N(Cc1ccccc1)C1c2ccccc2CCC1Cc1ccccc1F)Nc1cccc(C(=O)O)c1. The molecule has 0 heterocycles. The Bertz CT molecular complexity index is 1580. The highest BCUT2D eigenvalue weighted by atomic mass is 19.1. The molecular formula is C34H32FN3O4. The first kappa shape index (κ1) is 28.5. The summed E-state index contributed by atoms with van der Waals surface area (Å²) in [6.45, 7) is 0.0405. The molecule has 0 aliphatic heterocycles. The lowest BCUT2D eigenvalue weighted by molar-refractivity contribution is -0.135. The van der Waals surface area contributed by atoms with Gasteiger partial charge in [0.2, 0.25) is 5.91 Å². The third-order valence-corrected chi connectivity index (χ3v) is 7.66. The lowest BCUT2D eigenvalue weighted by atomic mass is 9.76. The number of hydrogen-bond acceptors (Lipinski definition) is 3. The van der Waals surface area contributed by atoms with Gasteiger partial charge in [0.15, 0.2) is 0 Å². The van der Waals surface area contributed by atoms with E-state index in [9.17, 15) is 23.9 Å². The van der Waals surface area contributed by atoms with Crippen molar-refractivity contribution in [1.29, 1.82) is 0 Å². The maximum atomic E-state index is 14.8. The normalized spacial score (nSPS) is 15.7. The van der Waals surface area contributed by atoms with Crippen molar-refractivity contribution in [2.24, 2.45) is 5.92 Å². The molecule has 0 saturated carbocycles. The van der Waals surface area contributed by atoms with Crippen LogP contribution in [0.3, 0.4) is 0 Å². The average molecular weight is 566 g/mol. The standard InChI is InChI=1S/C34H32FN3O4/c35-30-16-7-5-12-25(30)19-26-18-17-24-11-4-6-15-29(24)32(26)38(22-23-9-2-1-3-10-23)31(39)21-36-34(42)37-28-14-8-13-27(20-28)33(40)41/h1-16,20,26,32H,17-19,21-22H2,(H,40,41)(H2,36,37,42). The Labute approximate surface area is 244 Å². The Hall–Kier alpha value is -4.98. The summed E-state index contributed by atoms with van der Waals surface area (Å²) in [5, 5.41) is 14.5. The van der Waals surface area contributed by atoms with E-state index in [1.165, 1.54) is 24.3 Å². The molecule has 3 amide bonds. The molecule has 0 aromatic heterocycles. The fourth-order valence-electron chi connectivity index (χ4n) is 5.67. The van der Waals surface area contributed by atoms with E-state index in [1.807, 2.05) is 54.6 Å². The molecule has 2 atom stereocenters. The maximum absolute atomic E-state index is 14.8. The molecule has 3 N–H and O–H groups in total. The Morgan fingerprint density at radius 2 is 1.62 bits per heavy atom. The summed E-state index contributed by atoms with van der Waals surface area (Å²) in [4.78, 5) is 39.7. The molecule has 0 radical (unpaired) electrons. The predicted molar refractivity (Wildman–Crippen MR) is 159 cm³/mol. The number of hydrogen-bond donors (Lipinski definition) is 3. The van der Waals surface area contributed by atoms with Crippen LogP contribution < -0.4 is 10.6 Å². The minimum absolute atomic E-state index is 0.0368. The van der Waals surface area contributed by atoms with Gasteiger partial charge in [-0.1, -0.05) is 78.9 Å². The third kappa shape index (κ3) is 6.83. The van der Waals surface area contributed by atoms with Crippen LogP contribution in [0.4, 0.5) is 14.9 Å². The number of anilines is 1. The second-order valence-electron chi connectivity index (χ2n) is 10.4.